The van der Waals surface area contributed by atoms with Crippen molar-refractivity contribution in [3.63, 3.8) is 0 Å². The molecule has 0 saturated heterocycles. The Labute approximate surface area is 86.7 Å². The van der Waals surface area contributed by atoms with Gasteiger partial charge in [-0.05, 0) is 17.7 Å². The molecule has 0 amide bonds. The van der Waals surface area contributed by atoms with E-state index < -0.39 is 11.5 Å². The first-order valence-electron chi connectivity index (χ1n) is 3.83. The van der Waals surface area contributed by atoms with Gasteiger partial charge in [0, 0.05) is 5.02 Å². The molecule has 2 N–H and O–H groups in total. The van der Waals surface area contributed by atoms with E-state index in [0.717, 1.165) is 5.56 Å². The molecule has 2 nitrogen and oxygen atoms in total. The summed E-state index contributed by atoms with van der Waals surface area (Å²) < 4.78 is 0. The van der Waals surface area contributed by atoms with Crippen LogP contribution in [0.1, 0.15) is 10.9 Å². The van der Waals surface area contributed by atoms with E-state index in [1.165, 1.54) is 0 Å². The molecule has 1 aromatic carbocycles. The van der Waals surface area contributed by atoms with Crippen LogP contribution in [-0.4, -0.2) is 22.9 Å². The van der Waals surface area contributed by atoms with Gasteiger partial charge in [0.2, 0.25) is 0 Å². The maximum atomic E-state index is 9.23. The first-order chi connectivity index (χ1) is 6.15. The van der Waals surface area contributed by atoms with Crippen LogP contribution in [0.5, 0.6) is 0 Å². The number of aliphatic hydroxyl groups is 2. The third-order valence-electron chi connectivity index (χ3n) is 1.71. The third-order valence-corrected chi connectivity index (χ3v) is 2.51. The van der Waals surface area contributed by atoms with Gasteiger partial charge in [0.15, 0.2) is 0 Å². The van der Waals surface area contributed by atoms with Gasteiger partial charge in [0.05, 0.1) is 18.1 Å². The topological polar surface area (TPSA) is 40.5 Å². The zero-order chi connectivity index (χ0) is 9.84. The van der Waals surface area contributed by atoms with Crippen molar-refractivity contribution in [2.45, 2.75) is 11.5 Å². The molecule has 2 atom stereocenters. The van der Waals surface area contributed by atoms with Crippen molar-refractivity contribution in [3.05, 3.63) is 34.9 Å². The molecule has 0 heterocycles. The standard InChI is InChI=1S/C9H10Cl2O2/c10-7-3-1-6(2-4-7)9(11)8(13)5-12/h1-4,8-9,12-13H,5H2/t8-,9+/m1/s1. The molecule has 0 unspecified atom stereocenters. The van der Waals surface area contributed by atoms with E-state index in [1.807, 2.05) is 0 Å². The number of alkyl halides is 1. The number of hydrogen-bond donors (Lipinski definition) is 2. The Bertz CT molecular complexity index is 261. The molecule has 0 saturated carbocycles. The number of hydrogen-bond acceptors (Lipinski definition) is 2. The second-order valence-electron chi connectivity index (χ2n) is 2.70. The van der Waals surface area contributed by atoms with E-state index in [9.17, 15) is 5.11 Å². The lowest BCUT2D eigenvalue weighted by Crippen LogP contribution is -2.18. The highest BCUT2D eigenvalue weighted by Gasteiger charge is 2.16. The van der Waals surface area contributed by atoms with Gasteiger partial charge in [-0.1, -0.05) is 23.7 Å². The van der Waals surface area contributed by atoms with Crippen molar-refractivity contribution in [3.8, 4) is 0 Å². The van der Waals surface area contributed by atoms with E-state index in [-0.39, 0.29) is 6.61 Å². The van der Waals surface area contributed by atoms with Gasteiger partial charge < -0.3 is 10.2 Å². The molecule has 1 rings (SSSR count). The van der Waals surface area contributed by atoms with Crippen LogP contribution in [0.25, 0.3) is 0 Å². The molecule has 0 aromatic heterocycles. The van der Waals surface area contributed by atoms with E-state index >= 15 is 0 Å². The molecule has 13 heavy (non-hydrogen) atoms. The fraction of sp³-hybridized carbons (Fsp3) is 0.333. The molecular formula is C9H10Cl2O2. The van der Waals surface area contributed by atoms with E-state index in [2.05, 4.69) is 0 Å². The number of halogens is 2. The molecule has 0 aliphatic rings. The molecule has 0 bridgehead atoms. The Balaban J connectivity index is 2.77. The second kappa shape index (κ2) is 4.82. The normalized spacial score (nSPS) is 15.4. The van der Waals surface area contributed by atoms with Gasteiger partial charge in [-0.15, -0.1) is 11.6 Å². The van der Waals surface area contributed by atoms with Crippen LogP contribution in [-0.2, 0) is 0 Å². The fourth-order valence-electron chi connectivity index (χ4n) is 0.961. The Hall–Kier alpha value is -0.280. The van der Waals surface area contributed by atoms with Gasteiger partial charge >= 0.3 is 0 Å². The van der Waals surface area contributed by atoms with Crippen LogP contribution in [0, 0.1) is 0 Å². The monoisotopic (exact) mass is 220 g/mol. The predicted octanol–water partition coefficient (Wildman–Crippen LogP) is 1.97. The van der Waals surface area contributed by atoms with E-state index in [4.69, 9.17) is 28.3 Å². The zero-order valence-electron chi connectivity index (χ0n) is 6.82. The molecule has 0 aliphatic carbocycles. The van der Waals surface area contributed by atoms with E-state index in [1.54, 1.807) is 24.3 Å². The van der Waals surface area contributed by atoms with Gasteiger partial charge in [0.25, 0.3) is 0 Å². The molecular weight excluding hydrogens is 211 g/mol. The number of benzene rings is 1. The lowest BCUT2D eigenvalue weighted by molar-refractivity contribution is 0.0915. The lowest BCUT2D eigenvalue weighted by atomic mass is 10.1. The Morgan fingerprint density at radius 3 is 2.23 bits per heavy atom. The average molecular weight is 221 g/mol. The van der Waals surface area contributed by atoms with Crippen LogP contribution in [0.2, 0.25) is 5.02 Å². The highest BCUT2D eigenvalue weighted by Crippen LogP contribution is 2.25. The summed E-state index contributed by atoms with van der Waals surface area (Å²) in [6.07, 6.45) is -0.942. The zero-order valence-corrected chi connectivity index (χ0v) is 8.33. The van der Waals surface area contributed by atoms with Crippen molar-refractivity contribution >= 4 is 23.2 Å². The second-order valence-corrected chi connectivity index (χ2v) is 3.61. The van der Waals surface area contributed by atoms with Gasteiger partial charge in [-0.2, -0.15) is 0 Å². The van der Waals surface area contributed by atoms with Crippen LogP contribution in [0.15, 0.2) is 24.3 Å². The quantitative estimate of drug-likeness (QED) is 0.766. The fourth-order valence-corrected chi connectivity index (χ4v) is 1.31. The van der Waals surface area contributed by atoms with Crippen molar-refractivity contribution in [2.24, 2.45) is 0 Å². The average Bonchev–Trinajstić information content (AvgIpc) is 2.17. The smallest absolute Gasteiger partial charge is 0.0975 e. The summed E-state index contributed by atoms with van der Waals surface area (Å²) in [6, 6.07) is 6.82. The summed E-state index contributed by atoms with van der Waals surface area (Å²) in [5.74, 6) is 0. The molecule has 0 aliphatic heterocycles. The third kappa shape index (κ3) is 2.85. The molecule has 0 fully saturated rings. The first kappa shape index (κ1) is 10.8. The van der Waals surface area contributed by atoms with Crippen molar-refractivity contribution < 1.29 is 10.2 Å². The Morgan fingerprint density at radius 1 is 1.23 bits per heavy atom. The van der Waals surface area contributed by atoms with Gasteiger partial charge in [-0.3, -0.25) is 0 Å². The molecule has 1 aromatic rings. The van der Waals surface area contributed by atoms with Crippen LogP contribution in [0.3, 0.4) is 0 Å². The van der Waals surface area contributed by atoms with Gasteiger partial charge in [0.1, 0.15) is 0 Å². The van der Waals surface area contributed by atoms with Crippen LogP contribution < -0.4 is 0 Å². The summed E-state index contributed by atoms with van der Waals surface area (Å²) in [5.41, 5.74) is 0.743. The Kier molecular flexibility index (Phi) is 4.00. The number of rotatable bonds is 3. The van der Waals surface area contributed by atoms with Crippen LogP contribution >= 0.6 is 23.2 Å². The largest absolute Gasteiger partial charge is 0.394 e. The number of aliphatic hydroxyl groups excluding tert-OH is 2. The van der Waals surface area contributed by atoms with Crippen molar-refractivity contribution in [2.75, 3.05) is 6.61 Å². The summed E-state index contributed by atoms with van der Waals surface area (Å²) in [5, 5.41) is 17.9. The van der Waals surface area contributed by atoms with Crippen molar-refractivity contribution in [1.29, 1.82) is 0 Å². The highest BCUT2D eigenvalue weighted by atomic mass is 35.5. The SMILES string of the molecule is OC[C@@H](O)[C@@H](Cl)c1ccc(Cl)cc1. The minimum atomic E-state index is -0.942. The summed E-state index contributed by atoms with van der Waals surface area (Å²) in [6.45, 7) is -0.350. The Morgan fingerprint density at radius 2 is 1.77 bits per heavy atom. The maximum Gasteiger partial charge on any atom is 0.0975 e. The lowest BCUT2D eigenvalue weighted by Gasteiger charge is -2.14. The molecule has 72 valence electrons. The predicted molar refractivity (Wildman–Crippen MR) is 53.1 cm³/mol. The minimum Gasteiger partial charge on any atom is -0.394 e. The van der Waals surface area contributed by atoms with Gasteiger partial charge in [-0.25, -0.2) is 0 Å². The highest BCUT2D eigenvalue weighted by molar-refractivity contribution is 6.30. The molecule has 0 radical (unpaired) electrons. The van der Waals surface area contributed by atoms with E-state index in [0.29, 0.717) is 5.02 Å². The minimum absolute atomic E-state index is 0.350. The summed E-state index contributed by atoms with van der Waals surface area (Å²) >= 11 is 11.5. The first-order valence-corrected chi connectivity index (χ1v) is 4.65. The van der Waals surface area contributed by atoms with Crippen molar-refractivity contribution in [1.82, 2.24) is 0 Å². The van der Waals surface area contributed by atoms with Crippen LogP contribution in [0.4, 0.5) is 0 Å². The summed E-state index contributed by atoms with van der Waals surface area (Å²) in [4.78, 5) is 0. The maximum absolute atomic E-state index is 9.23. The summed E-state index contributed by atoms with van der Waals surface area (Å²) in [7, 11) is 0. The molecule has 0 spiro atoms. The molecule has 4 heteroatoms.